The van der Waals surface area contributed by atoms with E-state index in [1.165, 1.54) is 0 Å². The molecule has 0 radical (unpaired) electrons. The van der Waals surface area contributed by atoms with Crippen LogP contribution < -0.4 is 0 Å². The molecule has 1 atom stereocenters. The molecule has 2 rings (SSSR count). The van der Waals surface area contributed by atoms with Crippen molar-refractivity contribution in [3.8, 4) is 0 Å². The fourth-order valence-electron chi connectivity index (χ4n) is 1.93. The van der Waals surface area contributed by atoms with Gasteiger partial charge in [0.1, 0.15) is 5.82 Å². The molecule has 0 bridgehead atoms. The molecule has 4 heteroatoms. The van der Waals surface area contributed by atoms with Gasteiger partial charge in [-0.05, 0) is 6.42 Å². The summed E-state index contributed by atoms with van der Waals surface area (Å²) >= 11 is 0. The highest BCUT2D eigenvalue weighted by Crippen LogP contribution is 2.20. The number of nitrogens with zero attached hydrogens (tertiary/aromatic N) is 3. The van der Waals surface area contributed by atoms with E-state index in [1.54, 1.807) is 11.1 Å². The molecule has 2 heterocycles. The molecule has 4 nitrogen and oxygen atoms in total. The molecule has 0 N–H and O–H groups in total. The number of hydrogen-bond acceptors (Lipinski definition) is 2. The molecule has 14 heavy (non-hydrogen) atoms. The van der Waals surface area contributed by atoms with E-state index in [0.29, 0.717) is 0 Å². The third kappa shape index (κ3) is 1.52. The van der Waals surface area contributed by atoms with Gasteiger partial charge in [0.15, 0.2) is 0 Å². The minimum absolute atomic E-state index is 0.125. The quantitative estimate of drug-likeness (QED) is 0.652. The maximum absolute atomic E-state index is 11.7. The lowest BCUT2D eigenvalue weighted by Gasteiger charge is -2.24. The van der Waals surface area contributed by atoms with Crippen molar-refractivity contribution in [2.24, 2.45) is 5.92 Å². The summed E-state index contributed by atoms with van der Waals surface area (Å²) in [6.45, 7) is 0.916. The predicted octanol–water partition coefficient (Wildman–Crippen LogP) is 0.534. The average molecular weight is 193 g/mol. The number of fused-ring (bicyclic) bond motifs is 1. The van der Waals surface area contributed by atoms with Crippen LogP contribution in [0.25, 0.3) is 0 Å². The third-order valence-electron chi connectivity index (χ3n) is 2.74. The Morgan fingerprint density at radius 3 is 3.14 bits per heavy atom. The van der Waals surface area contributed by atoms with Gasteiger partial charge in [-0.2, -0.15) is 0 Å². The molecule has 0 spiro atoms. The summed E-state index contributed by atoms with van der Waals surface area (Å²) in [6, 6.07) is 0. The first-order valence-electron chi connectivity index (χ1n) is 4.89. The highest BCUT2D eigenvalue weighted by Gasteiger charge is 2.26. The van der Waals surface area contributed by atoms with Gasteiger partial charge in [-0.3, -0.25) is 4.79 Å². The lowest BCUT2D eigenvalue weighted by atomic mass is 9.96. The molecule has 0 saturated heterocycles. The number of rotatable bonds is 1. The standard InChI is InChI=1S/C10H15N3O/c1-12(2)10(14)8-3-5-13-6-4-11-9(13)7-8/h4,6,8H,3,5,7H2,1-2H3. The zero-order chi connectivity index (χ0) is 10.1. The van der Waals surface area contributed by atoms with Crippen LogP contribution in [0.2, 0.25) is 0 Å². The van der Waals surface area contributed by atoms with E-state index in [1.807, 2.05) is 20.3 Å². The third-order valence-corrected chi connectivity index (χ3v) is 2.74. The first-order chi connectivity index (χ1) is 6.68. The van der Waals surface area contributed by atoms with E-state index < -0.39 is 0 Å². The lowest BCUT2D eigenvalue weighted by Crippen LogP contribution is -2.34. The smallest absolute Gasteiger partial charge is 0.225 e. The van der Waals surface area contributed by atoms with E-state index in [0.717, 1.165) is 25.2 Å². The second kappa shape index (κ2) is 3.44. The Balaban J connectivity index is 2.11. The first-order valence-corrected chi connectivity index (χ1v) is 4.89. The molecule has 1 unspecified atom stereocenters. The van der Waals surface area contributed by atoms with Gasteiger partial charge in [0.25, 0.3) is 0 Å². The van der Waals surface area contributed by atoms with Gasteiger partial charge in [-0.25, -0.2) is 4.98 Å². The van der Waals surface area contributed by atoms with Crippen molar-refractivity contribution in [2.75, 3.05) is 14.1 Å². The van der Waals surface area contributed by atoms with Crippen LogP contribution in [-0.2, 0) is 17.8 Å². The van der Waals surface area contributed by atoms with Crippen LogP contribution in [0.15, 0.2) is 12.4 Å². The summed E-state index contributed by atoms with van der Waals surface area (Å²) < 4.78 is 2.12. The minimum Gasteiger partial charge on any atom is -0.349 e. The lowest BCUT2D eigenvalue weighted by molar-refractivity contribution is -0.133. The highest BCUT2D eigenvalue weighted by atomic mass is 16.2. The Hall–Kier alpha value is -1.32. The fourth-order valence-corrected chi connectivity index (χ4v) is 1.93. The Morgan fingerprint density at radius 1 is 1.64 bits per heavy atom. The fraction of sp³-hybridized carbons (Fsp3) is 0.600. The molecule has 0 aromatic carbocycles. The average Bonchev–Trinajstić information content (AvgIpc) is 2.62. The first kappa shape index (κ1) is 9.24. The van der Waals surface area contributed by atoms with E-state index in [4.69, 9.17) is 0 Å². The molecule has 1 amide bonds. The molecule has 0 aliphatic carbocycles. The molecule has 0 saturated carbocycles. The molecular formula is C10H15N3O. The monoisotopic (exact) mass is 193 g/mol. The maximum atomic E-state index is 11.7. The van der Waals surface area contributed by atoms with E-state index in [-0.39, 0.29) is 11.8 Å². The van der Waals surface area contributed by atoms with Gasteiger partial charge in [0.05, 0.1) is 0 Å². The van der Waals surface area contributed by atoms with Gasteiger partial charge < -0.3 is 9.47 Å². The normalized spacial score (nSPS) is 20.3. The van der Waals surface area contributed by atoms with Crippen molar-refractivity contribution in [3.05, 3.63) is 18.2 Å². The van der Waals surface area contributed by atoms with Crippen LogP contribution in [0.5, 0.6) is 0 Å². The van der Waals surface area contributed by atoms with Gasteiger partial charge in [0, 0.05) is 45.4 Å². The van der Waals surface area contributed by atoms with Crippen LogP contribution in [0, 0.1) is 5.92 Å². The number of carbonyl (C=O) groups excluding carboxylic acids is 1. The SMILES string of the molecule is CN(C)C(=O)C1CCn2ccnc2C1. The zero-order valence-electron chi connectivity index (χ0n) is 8.60. The minimum atomic E-state index is 0.125. The Labute approximate surface area is 83.5 Å². The summed E-state index contributed by atoms with van der Waals surface area (Å²) in [5.41, 5.74) is 0. The van der Waals surface area contributed by atoms with Gasteiger partial charge in [0.2, 0.25) is 5.91 Å². The Bertz CT molecular complexity index is 343. The zero-order valence-corrected chi connectivity index (χ0v) is 8.60. The molecule has 1 aromatic heterocycles. The van der Waals surface area contributed by atoms with Crippen LogP contribution in [0.3, 0.4) is 0 Å². The maximum Gasteiger partial charge on any atom is 0.225 e. The van der Waals surface area contributed by atoms with Crippen LogP contribution in [0.1, 0.15) is 12.2 Å². The highest BCUT2D eigenvalue weighted by molar-refractivity contribution is 5.78. The number of imidazole rings is 1. The second-order valence-electron chi connectivity index (χ2n) is 3.96. The molecule has 1 aromatic rings. The Kier molecular flexibility index (Phi) is 2.27. The second-order valence-corrected chi connectivity index (χ2v) is 3.96. The molecule has 1 aliphatic heterocycles. The van der Waals surface area contributed by atoms with Crippen LogP contribution in [0.4, 0.5) is 0 Å². The number of aromatic nitrogens is 2. The summed E-state index contributed by atoms with van der Waals surface area (Å²) in [5, 5.41) is 0. The van der Waals surface area contributed by atoms with Gasteiger partial charge >= 0.3 is 0 Å². The van der Waals surface area contributed by atoms with Crippen molar-refractivity contribution in [2.45, 2.75) is 19.4 Å². The van der Waals surface area contributed by atoms with Gasteiger partial charge in [-0.1, -0.05) is 0 Å². The van der Waals surface area contributed by atoms with Crippen molar-refractivity contribution >= 4 is 5.91 Å². The molecule has 1 aliphatic rings. The van der Waals surface area contributed by atoms with Crippen molar-refractivity contribution < 1.29 is 4.79 Å². The van der Waals surface area contributed by atoms with E-state index in [9.17, 15) is 4.79 Å². The number of amides is 1. The summed E-state index contributed by atoms with van der Waals surface area (Å²) in [4.78, 5) is 17.6. The van der Waals surface area contributed by atoms with Crippen molar-refractivity contribution in [1.82, 2.24) is 14.5 Å². The van der Waals surface area contributed by atoms with Crippen LogP contribution >= 0.6 is 0 Å². The topological polar surface area (TPSA) is 38.1 Å². The summed E-state index contributed by atoms with van der Waals surface area (Å²) in [6.07, 6.45) is 5.49. The number of carbonyl (C=O) groups is 1. The van der Waals surface area contributed by atoms with E-state index >= 15 is 0 Å². The van der Waals surface area contributed by atoms with Gasteiger partial charge in [-0.15, -0.1) is 0 Å². The Morgan fingerprint density at radius 2 is 2.43 bits per heavy atom. The van der Waals surface area contributed by atoms with Crippen molar-refractivity contribution in [1.29, 1.82) is 0 Å². The van der Waals surface area contributed by atoms with Crippen molar-refractivity contribution in [3.63, 3.8) is 0 Å². The summed E-state index contributed by atoms with van der Waals surface area (Å²) in [5.74, 6) is 1.38. The number of aryl methyl sites for hydroxylation is 1. The molecule has 0 fully saturated rings. The van der Waals surface area contributed by atoms with E-state index in [2.05, 4.69) is 9.55 Å². The summed E-state index contributed by atoms with van der Waals surface area (Å²) in [7, 11) is 3.62. The molecule has 76 valence electrons. The largest absolute Gasteiger partial charge is 0.349 e. The predicted molar refractivity (Wildman–Crippen MR) is 52.7 cm³/mol. The van der Waals surface area contributed by atoms with Crippen LogP contribution in [-0.4, -0.2) is 34.5 Å². The molecular weight excluding hydrogens is 178 g/mol. The number of hydrogen-bond donors (Lipinski definition) is 0.